The minimum absolute atomic E-state index is 0. The van der Waals surface area contributed by atoms with E-state index in [9.17, 15) is 8.42 Å². The Morgan fingerprint density at radius 3 is 2.25 bits per heavy atom. The summed E-state index contributed by atoms with van der Waals surface area (Å²) < 4.78 is 28.8. The van der Waals surface area contributed by atoms with E-state index in [0.717, 1.165) is 12.8 Å². The molecule has 0 aliphatic rings. The van der Waals surface area contributed by atoms with Crippen LogP contribution < -0.4 is 0 Å². The van der Waals surface area contributed by atoms with Gasteiger partial charge in [0.25, 0.3) is 10.1 Å². The van der Waals surface area contributed by atoms with E-state index in [1.54, 1.807) is 0 Å². The molecule has 1 unspecified atom stereocenters. The van der Waals surface area contributed by atoms with Crippen LogP contribution in [0.4, 0.5) is 0 Å². The fraction of sp³-hybridized carbons (Fsp3) is 1.00. The predicted molar refractivity (Wildman–Crippen MR) is 55.8 cm³/mol. The van der Waals surface area contributed by atoms with Gasteiger partial charge in [0.05, 0.1) is 5.75 Å². The van der Waals surface area contributed by atoms with Gasteiger partial charge < -0.3 is 0 Å². The quantitative estimate of drug-likeness (QED) is 0.353. The number of halogens is 1. The zero-order valence-corrected chi connectivity index (χ0v) is 8.86. The number of rotatable bonds is 5. The molecule has 0 heterocycles. The Kier molecular flexibility index (Phi) is 10.2. The van der Waals surface area contributed by atoms with Crippen molar-refractivity contribution in [1.82, 2.24) is 0 Å². The third-order valence-corrected chi connectivity index (χ3v) is 2.52. The first-order valence-electron chi connectivity index (χ1n) is 3.51. The van der Waals surface area contributed by atoms with Crippen molar-refractivity contribution in [1.29, 1.82) is 0 Å². The predicted octanol–water partition coefficient (Wildman–Crippen LogP) is 1.18. The molecule has 0 aromatic heterocycles. The summed E-state index contributed by atoms with van der Waals surface area (Å²) in [6, 6.07) is 0. The Labute approximate surface area is 104 Å². The van der Waals surface area contributed by atoms with Crippen LogP contribution in [0.3, 0.4) is 0 Å². The minimum atomic E-state index is -3.74. The maximum absolute atomic E-state index is 10.2. The summed E-state index contributed by atoms with van der Waals surface area (Å²) in [7, 11) is -3.74. The summed E-state index contributed by atoms with van der Waals surface area (Å²) in [5.41, 5.74) is 0. The van der Waals surface area contributed by atoms with Crippen LogP contribution in [0.25, 0.3) is 0 Å². The molecule has 0 rings (SSSR count). The number of hydrogen-bond acceptors (Lipinski definition) is 2. The van der Waals surface area contributed by atoms with Gasteiger partial charge in [-0.05, 0) is 12.8 Å². The molecule has 0 aliphatic heterocycles. The fourth-order valence-electron chi connectivity index (χ4n) is 0.710. The van der Waals surface area contributed by atoms with Gasteiger partial charge in [-0.25, -0.2) is 0 Å². The van der Waals surface area contributed by atoms with Crippen molar-refractivity contribution in [3.05, 3.63) is 0 Å². The standard InChI is InChI=1S/C6H13BrO3S.Na.H/c1-6(7)4-2-3-5-11(8,9)10;;/h6H,2-5H2,1H3,(H,8,9,10);;. The maximum atomic E-state index is 10.2. The Hall–Kier alpha value is 1.39. The van der Waals surface area contributed by atoms with Gasteiger partial charge in [-0.3, -0.25) is 4.55 Å². The molecule has 0 spiro atoms. The van der Waals surface area contributed by atoms with E-state index in [1.165, 1.54) is 0 Å². The average Bonchev–Trinajstić information content (AvgIpc) is 1.78. The van der Waals surface area contributed by atoms with Crippen LogP contribution in [0.1, 0.15) is 26.2 Å². The molecule has 0 fully saturated rings. The van der Waals surface area contributed by atoms with E-state index in [-0.39, 0.29) is 35.3 Å². The van der Waals surface area contributed by atoms with Crippen LogP contribution in [-0.2, 0) is 10.1 Å². The zero-order valence-electron chi connectivity index (χ0n) is 6.46. The van der Waals surface area contributed by atoms with Crippen LogP contribution >= 0.6 is 15.9 Å². The van der Waals surface area contributed by atoms with Crippen LogP contribution in [0.2, 0.25) is 0 Å². The molecular formula is C6H14BrNaO3S. The summed E-state index contributed by atoms with van der Waals surface area (Å²) in [6.45, 7) is 2.01. The molecule has 3 nitrogen and oxygen atoms in total. The van der Waals surface area contributed by atoms with Crippen LogP contribution in [-0.4, -0.2) is 53.1 Å². The molecule has 0 radical (unpaired) electrons. The molecule has 0 saturated heterocycles. The Morgan fingerprint density at radius 1 is 1.42 bits per heavy atom. The second-order valence-electron chi connectivity index (χ2n) is 2.56. The molecule has 70 valence electrons. The first-order chi connectivity index (χ1) is 4.92. The summed E-state index contributed by atoms with van der Waals surface area (Å²) in [6.07, 6.45) is 2.30. The number of hydrogen-bond donors (Lipinski definition) is 1. The molecule has 0 aromatic carbocycles. The van der Waals surface area contributed by atoms with Crippen LogP contribution in [0.5, 0.6) is 0 Å². The van der Waals surface area contributed by atoms with Gasteiger partial charge in [-0.15, -0.1) is 0 Å². The van der Waals surface area contributed by atoms with Gasteiger partial charge >= 0.3 is 29.6 Å². The molecule has 0 bridgehead atoms. The summed E-state index contributed by atoms with van der Waals surface area (Å²) in [5, 5.41) is 0. The van der Waals surface area contributed by atoms with Crippen molar-refractivity contribution in [3.63, 3.8) is 0 Å². The number of alkyl halides is 1. The van der Waals surface area contributed by atoms with E-state index in [4.69, 9.17) is 4.55 Å². The second-order valence-corrected chi connectivity index (χ2v) is 5.70. The third-order valence-electron chi connectivity index (χ3n) is 1.25. The molecule has 12 heavy (non-hydrogen) atoms. The third kappa shape index (κ3) is 13.9. The molecule has 0 aromatic rings. The van der Waals surface area contributed by atoms with Gasteiger partial charge in [-0.2, -0.15) is 8.42 Å². The Morgan fingerprint density at radius 2 is 1.92 bits per heavy atom. The van der Waals surface area contributed by atoms with Gasteiger partial charge in [0, 0.05) is 4.83 Å². The van der Waals surface area contributed by atoms with Crippen molar-refractivity contribution < 1.29 is 13.0 Å². The van der Waals surface area contributed by atoms with Crippen molar-refractivity contribution in [2.45, 2.75) is 31.0 Å². The SMILES string of the molecule is CC(Br)CCCCS(=O)(=O)O.[NaH]. The fourth-order valence-corrected chi connectivity index (χ4v) is 1.60. The van der Waals surface area contributed by atoms with Gasteiger partial charge in [0.15, 0.2) is 0 Å². The Bertz CT molecular complexity index is 191. The van der Waals surface area contributed by atoms with Gasteiger partial charge in [0.1, 0.15) is 0 Å². The first-order valence-corrected chi connectivity index (χ1v) is 6.03. The average molecular weight is 269 g/mol. The zero-order chi connectivity index (χ0) is 8.91. The summed E-state index contributed by atoms with van der Waals surface area (Å²) in [4.78, 5) is 0.420. The monoisotopic (exact) mass is 268 g/mol. The first kappa shape index (κ1) is 15.8. The molecular weight excluding hydrogens is 255 g/mol. The van der Waals surface area contributed by atoms with E-state index in [2.05, 4.69) is 15.9 Å². The molecule has 0 aliphatic carbocycles. The van der Waals surface area contributed by atoms with Crippen molar-refractivity contribution in [2.24, 2.45) is 0 Å². The molecule has 1 N–H and O–H groups in total. The van der Waals surface area contributed by atoms with Gasteiger partial charge in [-0.1, -0.05) is 29.3 Å². The molecule has 6 heteroatoms. The van der Waals surface area contributed by atoms with E-state index in [1.807, 2.05) is 6.92 Å². The summed E-state index contributed by atoms with van der Waals surface area (Å²) in [5.74, 6) is -0.118. The van der Waals surface area contributed by atoms with E-state index in [0.29, 0.717) is 11.2 Å². The van der Waals surface area contributed by atoms with Gasteiger partial charge in [0.2, 0.25) is 0 Å². The number of unbranched alkanes of at least 4 members (excludes halogenated alkanes) is 1. The summed E-state index contributed by atoms with van der Waals surface area (Å²) >= 11 is 3.34. The van der Waals surface area contributed by atoms with Crippen LogP contribution in [0.15, 0.2) is 0 Å². The molecule has 0 saturated carbocycles. The van der Waals surface area contributed by atoms with Crippen molar-refractivity contribution >= 4 is 55.6 Å². The molecule has 0 amide bonds. The van der Waals surface area contributed by atoms with E-state index < -0.39 is 10.1 Å². The second kappa shape index (κ2) is 7.76. The van der Waals surface area contributed by atoms with Crippen LogP contribution in [0, 0.1) is 0 Å². The topological polar surface area (TPSA) is 54.4 Å². The molecule has 1 atom stereocenters. The van der Waals surface area contributed by atoms with E-state index >= 15 is 0 Å². The Balaban J connectivity index is 0. The van der Waals surface area contributed by atoms with Crippen molar-refractivity contribution in [3.8, 4) is 0 Å². The normalized spacial score (nSPS) is 13.6. The van der Waals surface area contributed by atoms with Crippen molar-refractivity contribution in [2.75, 3.05) is 5.75 Å².